The van der Waals surface area contributed by atoms with E-state index in [4.69, 9.17) is 4.74 Å². The molecule has 116 valence electrons. The Kier molecular flexibility index (Phi) is 3.93. The fourth-order valence-corrected chi connectivity index (χ4v) is 2.43. The maximum absolute atomic E-state index is 12.2. The summed E-state index contributed by atoms with van der Waals surface area (Å²) >= 11 is 0. The number of imide groups is 1. The summed E-state index contributed by atoms with van der Waals surface area (Å²) in [4.78, 5) is 37.3. The van der Waals surface area contributed by atoms with Gasteiger partial charge in [0, 0.05) is 6.54 Å². The second kappa shape index (κ2) is 6.04. The lowest BCUT2D eigenvalue weighted by Crippen LogP contribution is -2.32. The molecule has 1 aliphatic heterocycles. The third kappa shape index (κ3) is 2.99. The number of aryl methyl sites for hydroxylation is 1. The first-order valence-corrected chi connectivity index (χ1v) is 7.29. The van der Waals surface area contributed by atoms with Crippen LogP contribution in [0.25, 0.3) is 0 Å². The van der Waals surface area contributed by atoms with Crippen LogP contribution in [0.3, 0.4) is 0 Å². The van der Waals surface area contributed by atoms with Crippen molar-refractivity contribution in [3.63, 3.8) is 0 Å². The summed E-state index contributed by atoms with van der Waals surface area (Å²) in [7, 11) is 0. The van der Waals surface area contributed by atoms with Crippen molar-refractivity contribution in [1.82, 2.24) is 4.90 Å². The van der Waals surface area contributed by atoms with Crippen LogP contribution in [0.1, 0.15) is 32.7 Å². The van der Waals surface area contributed by atoms with Crippen LogP contribution < -0.4 is 4.74 Å². The summed E-state index contributed by atoms with van der Waals surface area (Å²) in [5.74, 6) is -0.768. The monoisotopic (exact) mass is 309 g/mol. The Morgan fingerprint density at radius 2 is 1.52 bits per heavy atom. The number of esters is 1. The van der Waals surface area contributed by atoms with Crippen LogP contribution in [-0.4, -0.2) is 29.2 Å². The van der Waals surface area contributed by atoms with E-state index in [9.17, 15) is 14.4 Å². The predicted octanol–water partition coefficient (Wildman–Crippen LogP) is 2.59. The molecule has 0 unspecified atom stereocenters. The molecule has 0 atom stereocenters. The zero-order chi connectivity index (χ0) is 16.4. The van der Waals surface area contributed by atoms with Crippen molar-refractivity contribution in [3.05, 3.63) is 65.2 Å². The van der Waals surface area contributed by atoms with Gasteiger partial charge in [0.05, 0.1) is 17.5 Å². The highest BCUT2D eigenvalue weighted by molar-refractivity contribution is 6.21. The lowest BCUT2D eigenvalue weighted by atomic mass is 10.1. The summed E-state index contributed by atoms with van der Waals surface area (Å²) in [6.45, 7) is 1.95. The lowest BCUT2D eigenvalue weighted by Gasteiger charge is -2.13. The van der Waals surface area contributed by atoms with Crippen LogP contribution in [0.2, 0.25) is 0 Å². The summed E-state index contributed by atoms with van der Waals surface area (Å²) in [6, 6.07) is 13.7. The van der Waals surface area contributed by atoms with Crippen molar-refractivity contribution in [2.45, 2.75) is 13.3 Å². The third-order valence-electron chi connectivity index (χ3n) is 3.67. The summed E-state index contributed by atoms with van der Waals surface area (Å²) in [6.07, 6.45) is -0.0423. The molecule has 5 nitrogen and oxygen atoms in total. The fourth-order valence-electron chi connectivity index (χ4n) is 2.43. The van der Waals surface area contributed by atoms with Gasteiger partial charge in [-0.3, -0.25) is 19.3 Å². The number of amides is 2. The zero-order valence-electron chi connectivity index (χ0n) is 12.6. The van der Waals surface area contributed by atoms with Gasteiger partial charge in [-0.2, -0.15) is 0 Å². The van der Waals surface area contributed by atoms with Gasteiger partial charge in [-0.1, -0.05) is 29.8 Å². The normalized spacial score (nSPS) is 13.2. The molecule has 0 fully saturated rings. The van der Waals surface area contributed by atoms with Crippen molar-refractivity contribution in [3.8, 4) is 5.75 Å². The average molecular weight is 309 g/mol. The molecule has 1 aliphatic rings. The van der Waals surface area contributed by atoms with Crippen molar-refractivity contribution < 1.29 is 19.1 Å². The van der Waals surface area contributed by atoms with Crippen molar-refractivity contribution in [2.24, 2.45) is 0 Å². The van der Waals surface area contributed by atoms with E-state index < -0.39 is 5.97 Å². The van der Waals surface area contributed by atoms with Gasteiger partial charge in [0.25, 0.3) is 11.8 Å². The van der Waals surface area contributed by atoms with Crippen LogP contribution in [0.4, 0.5) is 0 Å². The molecule has 1 heterocycles. The van der Waals surface area contributed by atoms with Gasteiger partial charge in [0.2, 0.25) is 0 Å². The largest absolute Gasteiger partial charge is 0.426 e. The number of ether oxygens (including phenoxy) is 1. The van der Waals surface area contributed by atoms with E-state index in [1.807, 2.05) is 19.1 Å². The van der Waals surface area contributed by atoms with Gasteiger partial charge in [-0.25, -0.2) is 0 Å². The maximum atomic E-state index is 12.2. The van der Waals surface area contributed by atoms with Gasteiger partial charge < -0.3 is 4.74 Å². The fraction of sp³-hybridized carbons (Fsp3) is 0.167. The van der Waals surface area contributed by atoms with Gasteiger partial charge in [0.1, 0.15) is 5.75 Å². The van der Waals surface area contributed by atoms with E-state index >= 15 is 0 Å². The molecule has 5 heteroatoms. The molecule has 2 aromatic rings. The molecule has 0 bridgehead atoms. The molecule has 2 aromatic carbocycles. The number of fused-ring (bicyclic) bond motifs is 1. The van der Waals surface area contributed by atoms with Gasteiger partial charge >= 0.3 is 5.97 Å². The highest BCUT2D eigenvalue weighted by Gasteiger charge is 2.35. The van der Waals surface area contributed by atoms with E-state index in [-0.39, 0.29) is 24.8 Å². The number of hydrogen-bond acceptors (Lipinski definition) is 4. The first-order valence-electron chi connectivity index (χ1n) is 7.29. The number of benzene rings is 2. The van der Waals surface area contributed by atoms with E-state index in [0.717, 1.165) is 10.5 Å². The Balaban J connectivity index is 1.61. The number of carbonyl (C=O) groups is 3. The Morgan fingerprint density at radius 3 is 2.09 bits per heavy atom. The summed E-state index contributed by atoms with van der Waals surface area (Å²) < 4.78 is 5.19. The van der Waals surface area contributed by atoms with Gasteiger partial charge in [0.15, 0.2) is 0 Å². The Hall–Kier alpha value is -2.95. The SMILES string of the molecule is Cc1ccc(OC(=O)CCN2C(=O)c3ccccc3C2=O)cc1. The summed E-state index contributed by atoms with van der Waals surface area (Å²) in [5, 5.41) is 0. The Labute approximate surface area is 133 Å². The topological polar surface area (TPSA) is 63.7 Å². The van der Waals surface area contributed by atoms with Crippen LogP contribution in [0, 0.1) is 6.92 Å². The molecule has 3 rings (SSSR count). The maximum Gasteiger partial charge on any atom is 0.312 e. The molecule has 2 amide bonds. The predicted molar refractivity (Wildman–Crippen MR) is 83.2 cm³/mol. The van der Waals surface area contributed by atoms with Crippen LogP contribution in [-0.2, 0) is 4.79 Å². The smallest absolute Gasteiger partial charge is 0.312 e. The van der Waals surface area contributed by atoms with E-state index in [0.29, 0.717) is 16.9 Å². The molecule has 0 aromatic heterocycles. The van der Waals surface area contributed by atoms with Crippen molar-refractivity contribution in [2.75, 3.05) is 6.54 Å². The molecular weight excluding hydrogens is 294 g/mol. The Bertz CT molecular complexity index is 745. The van der Waals surface area contributed by atoms with Crippen molar-refractivity contribution >= 4 is 17.8 Å². The molecule has 0 saturated heterocycles. The second-order valence-electron chi connectivity index (χ2n) is 5.34. The van der Waals surface area contributed by atoms with E-state index in [1.54, 1.807) is 36.4 Å². The quantitative estimate of drug-likeness (QED) is 0.495. The van der Waals surface area contributed by atoms with Gasteiger partial charge in [-0.05, 0) is 31.2 Å². The lowest BCUT2D eigenvalue weighted by molar-refractivity contribution is -0.134. The number of carbonyl (C=O) groups excluding carboxylic acids is 3. The highest BCUT2D eigenvalue weighted by Crippen LogP contribution is 2.22. The standard InChI is InChI=1S/C18H15NO4/c1-12-6-8-13(9-7-12)23-16(20)10-11-19-17(21)14-4-2-3-5-15(14)18(19)22/h2-9H,10-11H2,1H3. The van der Waals surface area contributed by atoms with Gasteiger partial charge in [-0.15, -0.1) is 0 Å². The molecule has 0 aliphatic carbocycles. The highest BCUT2D eigenvalue weighted by atomic mass is 16.5. The Morgan fingerprint density at radius 1 is 0.957 bits per heavy atom. The zero-order valence-corrected chi connectivity index (χ0v) is 12.6. The minimum atomic E-state index is -0.481. The number of rotatable bonds is 4. The summed E-state index contributed by atoms with van der Waals surface area (Å²) in [5.41, 5.74) is 1.82. The first-order chi connectivity index (χ1) is 11.1. The van der Waals surface area contributed by atoms with Crippen LogP contribution in [0.15, 0.2) is 48.5 Å². The first kappa shape index (κ1) is 15.0. The molecule has 0 N–H and O–H groups in total. The molecule has 0 saturated carbocycles. The third-order valence-corrected chi connectivity index (χ3v) is 3.67. The second-order valence-corrected chi connectivity index (χ2v) is 5.34. The van der Waals surface area contributed by atoms with Crippen LogP contribution >= 0.6 is 0 Å². The van der Waals surface area contributed by atoms with E-state index in [1.165, 1.54) is 0 Å². The van der Waals surface area contributed by atoms with E-state index in [2.05, 4.69) is 0 Å². The minimum absolute atomic E-state index is 0.0110. The molecule has 0 radical (unpaired) electrons. The molecule has 23 heavy (non-hydrogen) atoms. The van der Waals surface area contributed by atoms with Crippen LogP contribution in [0.5, 0.6) is 5.75 Å². The average Bonchev–Trinajstić information content (AvgIpc) is 2.80. The minimum Gasteiger partial charge on any atom is -0.426 e. The molecular formula is C18H15NO4. The molecule has 0 spiro atoms. The van der Waals surface area contributed by atoms with Crippen molar-refractivity contribution in [1.29, 1.82) is 0 Å². The number of hydrogen-bond donors (Lipinski definition) is 0. The number of nitrogens with zero attached hydrogens (tertiary/aromatic N) is 1.